The summed E-state index contributed by atoms with van der Waals surface area (Å²) >= 11 is 0. The van der Waals surface area contributed by atoms with Gasteiger partial charge >= 0.3 is 5.97 Å². The number of primary sulfonamides is 1. The van der Waals surface area contributed by atoms with Crippen molar-refractivity contribution in [2.75, 3.05) is 11.9 Å². The van der Waals surface area contributed by atoms with E-state index in [9.17, 15) is 22.8 Å². The van der Waals surface area contributed by atoms with E-state index >= 15 is 0 Å². The highest BCUT2D eigenvalue weighted by molar-refractivity contribution is 7.89. The van der Waals surface area contributed by atoms with Crippen LogP contribution in [0, 0.1) is 12.8 Å². The maximum atomic E-state index is 12.4. The summed E-state index contributed by atoms with van der Waals surface area (Å²) in [5.74, 6) is -2.15. The standard InChI is InChI=1S/C21H25N3O6S/c1-13(2)19(24-20(26)15-9-7-14(3)8-10-15)21(27)30-12-18(25)23-16-5-4-6-17(11-16)31(22,28)29/h4-11,13,19H,12H2,1-3H3,(H,23,25)(H,24,26)(H2,22,28,29)/t19-/m0/s1. The number of ether oxygens (including phenoxy) is 1. The summed E-state index contributed by atoms with van der Waals surface area (Å²) < 4.78 is 27.8. The molecule has 2 rings (SSSR count). The van der Waals surface area contributed by atoms with Gasteiger partial charge in [-0.05, 0) is 43.2 Å². The molecule has 0 aliphatic carbocycles. The van der Waals surface area contributed by atoms with Crippen molar-refractivity contribution in [1.82, 2.24) is 5.32 Å². The highest BCUT2D eigenvalue weighted by atomic mass is 32.2. The van der Waals surface area contributed by atoms with Crippen molar-refractivity contribution in [3.8, 4) is 0 Å². The van der Waals surface area contributed by atoms with Gasteiger partial charge in [-0.2, -0.15) is 0 Å². The van der Waals surface area contributed by atoms with Crippen LogP contribution >= 0.6 is 0 Å². The average Bonchev–Trinajstić information content (AvgIpc) is 2.70. The summed E-state index contributed by atoms with van der Waals surface area (Å²) in [4.78, 5) is 36.8. The van der Waals surface area contributed by atoms with Crippen LogP contribution in [0.15, 0.2) is 53.4 Å². The van der Waals surface area contributed by atoms with Gasteiger partial charge in [0.15, 0.2) is 6.61 Å². The number of hydrogen-bond donors (Lipinski definition) is 3. The van der Waals surface area contributed by atoms with E-state index in [1.54, 1.807) is 38.1 Å². The number of nitrogens with two attached hydrogens (primary N) is 1. The number of amides is 2. The topological polar surface area (TPSA) is 145 Å². The minimum Gasteiger partial charge on any atom is -0.454 e. The molecule has 0 fully saturated rings. The van der Waals surface area contributed by atoms with Crippen LogP contribution in [-0.4, -0.2) is 38.9 Å². The van der Waals surface area contributed by atoms with Crippen LogP contribution in [0.4, 0.5) is 5.69 Å². The quantitative estimate of drug-likeness (QED) is 0.524. The number of anilines is 1. The number of hydrogen-bond acceptors (Lipinski definition) is 6. The highest BCUT2D eigenvalue weighted by Gasteiger charge is 2.26. The Balaban J connectivity index is 1.96. The number of aryl methyl sites for hydroxylation is 1. The van der Waals surface area contributed by atoms with Crippen molar-refractivity contribution in [3.63, 3.8) is 0 Å². The average molecular weight is 448 g/mol. The summed E-state index contributed by atoms with van der Waals surface area (Å²) in [6.07, 6.45) is 0. The lowest BCUT2D eigenvalue weighted by Crippen LogP contribution is -2.45. The van der Waals surface area contributed by atoms with Gasteiger partial charge in [0.2, 0.25) is 10.0 Å². The first-order valence-electron chi connectivity index (χ1n) is 9.44. The molecule has 2 aromatic rings. The molecule has 0 aliphatic rings. The maximum absolute atomic E-state index is 12.4. The molecule has 0 spiro atoms. The Morgan fingerprint density at radius 1 is 1.06 bits per heavy atom. The Hall–Kier alpha value is -3.24. The molecule has 2 aromatic carbocycles. The Morgan fingerprint density at radius 2 is 1.71 bits per heavy atom. The summed E-state index contributed by atoms with van der Waals surface area (Å²) in [5.41, 5.74) is 1.58. The lowest BCUT2D eigenvalue weighted by atomic mass is 10.0. The molecular weight excluding hydrogens is 422 g/mol. The molecule has 0 saturated carbocycles. The van der Waals surface area contributed by atoms with E-state index < -0.39 is 40.5 Å². The Kier molecular flexibility index (Phi) is 7.89. The van der Waals surface area contributed by atoms with Crippen LogP contribution in [0.2, 0.25) is 0 Å². The smallest absolute Gasteiger partial charge is 0.329 e. The van der Waals surface area contributed by atoms with Gasteiger partial charge in [-0.15, -0.1) is 0 Å². The van der Waals surface area contributed by atoms with E-state index in [-0.39, 0.29) is 16.5 Å². The van der Waals surface area contributed by atoms with Crippen molar-refractivity contribution < 1.29 is 27.5 Å². The second-order valence-electron chi connectivity index (χ2n) is 7.29. The van der Waals surface area contributed by atoms with Gasteiger partial charge in [0.1, 0.15) is 6.04 Å². The van der Waals surface area contributed by atoms with Crippen LogP contribution < -0.4 is 15.8 Å². The second-order valence-corrected chi connectivity index (χ2v) is 8.85. The van der Waals surface area contributed by atoms with Gasteiger partial charge in [0.05, 0.1) is 4.90 Å². The van der Waals surface area contributed by atoms with Crippen molar-refractivity contribution in [2.24, 2.45) is 11.1 Å². The van der Waals surface area contributed by atoms with E-state index in [0.29, 0.717) is 5.56 Å². The van der Waals surface area contributed by atoms with Crippen LogP contribution in [0.1, 0.15) is 29.8 Å². The maximum Gasteiger partial charge on any atom is 0.329 e. The molecule has 0 saturated heterocycles. The third-order valence-electron chi connectivity index (χ3n) is 4.31. The zero-order chi connectivity index (χ0) is 23.2. The predicted octanol–water partition coefficient (Wildman–Crippen LogP) is 1.58. The molecule has 2 amide bonds. The van der Waals surface area contributed by atoms with Crippen molar-refractivity contribution in [3.05, 3.63) is 59.7 Å². The normalized spacial score (nSPS) is 12.2. The van der Waals surface area contributed by atoms with Crippen LogP contribution in [0.25, 0.3) is 0 Å². The first kappa shape index (κ1) is 24.0. The van der Waals surface area contributed by atoms with Gasteiger partial charge in [0.25, 0.3) is 11.8 Å². The second kappa shape index (κ2) is 10.2. The fourth-order valence-corrected chi connectivity index (χ4v) is 3.16. The molecule has 31 heavy (non-hydrogen) atoms. The molecule has 0 radical (unpaired) electrons. The molecule has 9 nitrogen and oxygen atoms in total. The molecule has 0 heterocycles. The van der Waals surface area contributed by atoms with Gasteiger partial charge in [-0.1, -0.05) is 37.6 Å². The van der Waals surface area contributed by atoms with Crippen LogP contribution in [0.3, 0.4) is 0 Å². The zero-order valence-electron chi connectivity index (χ0n) is 17.4. The number of carbonyl (C=O) groups excluding carboxylic acids is 3. The third-order valence-corrected chi connectivity index (χ3v) is 5.22. The van der Waals surface area contributed by atoms with Gasteiger partial charge < -0.3 is 15.4 Å². The van der Waals surface area contributed by atoms with Crippen LogP contribution in [0.5, 0.6) is 0 Å². The van der Waals surface area contributed by atoms with E-state index in [0.717, 1.165) is 5.56 Å². The lowest BCUT2D eigenvalue weighted by molar-refractivity contribution is -0.150. The highest BCUT2D eigenvalue weighted by Crippen LogP contribution is 2.14. The lowest BCUT2D eigenvalue weighted by Gasteiger charge is -2.21. The molecule has 166 valence electrons. The molecule has 10 heteroatoms. The van der Waals surface area contributed by atoms with Gasteiger partial charge in [-0.25, -0.2) is 18.4 Å². The largest absolute Gasteiger partial charge is 0.454 e. The van der Waals surface area contributed by atoms with Crippen molar-refractivity contribution in [1.29, 1.82) is 0 Å². The third kappa shape index (κ3) is 7.19. The van der Waals surface area contributed by atoms with Crippen molar-refractivity contribution >= 4 is 33.5 Å². The van der Waals surface area contributed by atoms with Crippen LogP contribution in [-0.2, 0) is 24.3 Å². The zero-order valence-corrected chi connectivity index (χ0v) is 18.2. The van der Waals surface area contributed by atoms with E-state index in [2.05, 4.69) is 10.6 Å². The molecular formula is C21H25N3O6S. The number of nitrogens with one attached hydrogen (secondary N) is 2. The molecule has 1 atom stereocenters. The van der Waals surface area contributed by atoms with E-state index in [1.807, 2.05) is 6.92 Å². The Morgan fingerprint density at radius 3 is 2.29 bits per heavy atom. The first-order valence-corrected chi connectivity index (χ1v) is 11.0. The Bertz CT molecular complexity index is 1060. The number of sulfonamides is 1. The SMILES string of the molecule is Cc1ccc(C(=O)N[C@H](C(=O)OCC(=O)Nc2cccc(S(N)(=O)=O)c2)C(C)C)cc1. The molecule has 0 aliphatic heterocycles. The van der Waals surface area contributed by atoms with E-state index in [4.69, 9.17) is 9.88 Å². The van der Waals surface area contributed by atoms with Gasteiger partial charge in [-0.3, -0.25) is 9.59 Å². The molecule has 4 N–H and O–H groups in total. The minimum absolute atomic E-state index is 0.166. The monoisotopic (exact) mass is 447 g/mol. The number of rotatable bonds is 8. The van der Waals surface area contributed by atoms with Gasteiger partial charge in [0, 0.05) is 11.3 Å². The first-order chi connectivity index (χ1) is 14.5. The number of carbonyl (C=O) groups is 3. The predicted molar refractivity (Wildman–Crippen MR) is 115 cm³/mol. The number of benzene rings is 2. The van der Waals surface area contributed by atoms with E-state index in [1.165, 1.54) is 24.3 Å². The summed E-state index contributed by atoms with van der Waals surface area (Å²) in [6.45, 7) is 4.76. The Labute approximate surface area is 181 Å². The fraction of sp³-hybridized carbons (Fsp3) is 0.286. The molecule has 0 unspecified atom stereocenters. The van der Waals surface area contributed by atoms with Crippen molar-refractivity contribution in [2.45, 2.75) is 31.7 Å². The molecule has 0 aromatic heterocycles. The number of esters is 1. The summed E-state index contributed by atoms with van der Waals surface area (Å²) in [5, 5.41) is 10.1. The summed E-state index contributed by atoms with van der Waals surface area (Å²) in [7, 11) is -3.92. The minimum atomic E-state index is -3.92. The fourth-order valence-electron chi connectivity index (χ4n) is 2.60. The summed E-state index contributed by atoms with van der Waals surface area (Å²) in [6, 6.07) is 11.3. The molecule has 0 bridgehead atoms.